The number of rotatable bonds is 3. The summed E-state index contributed by atoms with van der Waals surface area (Å²) in [5.74, 6) is -0.270. The number of methoxy groups -OCH3 is 2. The molecular weight excluding hydrogens is 250 g/mol. The first-order valence-corrected chi connectivity index (χ1v) is 5.53. The molecule has 1 N–H and O–H groups in total. The summed E-state index contributed by atoms with van der Waals surface area (Å²) < 4.78 is 14.9. The summed E-state index contributed by atoms with van der Waals surface area (Å²) in [6, 6.07) is 4.97. The van der Waals surface area contributed by atoms with E-state index in [9.17, 15) is 9.59 Å². The van der Waals surface area contributed by atoms with Crippen LogP contribution >= 0.6 is 0 Å². The zero-order chi connectivity index (χ0) is 14.0. The normalized spacial score (nSPS) is 10.3. The lowest BCUT2D eigenvalue weighted by Crippen LogP contribution is -2.03. The Morgan fingerprint density at radius 3 is 2.53 bits per heavy atom. The van der Waals surface area contributed by atoms with E-state index in [1.165, 1.54) is 21.1 Å². The minimum Gasteiger partial charge on any atom is -0.491 e. The molecule has 0 saturated heterocycles. The largest absolute Gasteiger partial charge is 0.491 e. The Morgan fingerprint density at radius 1 is 1.21 bits per heavy atom. The van der Waals surface area contributed by atoms with Crippen LogP contribution in [-0.4, -0.2) is 31.1 Å². The van der Waals surface area contributed by atoms with Gasteiger partial charge in [-0.15, -0.1) is 0 Å². The van der Waals surface area contributed by atoms with Crippen molar-refractivity contribution in [2.75, 3.05) is 14.2 Å². The Kier molecular flexibility index (Phi) is 3.41. The van der Waals surface area contributed by atoms with Crippen molar-refractivity contribution >= 4 is 22.8 Å². The fourth-order valence-electron chi connectivity index (χ4n) is 1.81. The first-order chi connectivity index (χ1) is 9.06. The van der Waals surface area contributed by atoms with Gasteiger partial charge in [0.05, 0.1) is 19.7 Å². The van der Waals surface area contributed by atoms with E-state index >= 15 is 0 Å². The van der Waals surface area contributed by atoms with Gasteiger partial charge in [-0.1, -0.05) is 0 Å². The van der Waals surface area contributed by atoms with Crippen molar-refractivity contribution in [3.8, 4) is 11.5 Å². The number of carbonyl (C=O) groups excluding carboxylic acids is 2. The van der Waals surface area contributed by atoms with Crippen LogP contribution in [-0.2, 0) is 9.53 Å². The molecule has 0 radical (unpaired) electrons. The molecule has 6 nitrogen and oxygen atoms in total. The van der Waals surface area contributed by atoms with Gasteiger partial charge in [-0.05, 0) is 18.2 Å². The number of benzene rings is 1. The lowest BCUT2D eigenvalue weighted by Gasteiger charge is -2.08. The van der Waals surface area contributed by atoms with Gasteiger partial charge in [0.15, 0.2) is 11.5 Å². The number of carbonyl (C=O) groups is 2. The smallest absolute Gasteiger partial charge is 0.354 e. The number of fused-ring (bicyclic) bond motifs is 1. The van der Waals surface area contributed by atoms with Crippen LogP contribution in [0.4, 0.5) is 0 Å². The summed E-state index contributed by atoms with van der Waals surface area (Å²) in [5.41, 5.74) is 0.873. The molecule has 2 rings (SSSR count). The van der Waals surface area contributed by atoms with Gasteiger partial charge < -0.3 is 19.2 Å². The monoisotopic (exact) mass is 263 g/mol. The van der Waals surface area contributed by atoms with Gasteiger partial charge in [0.2, 0.25) is 0 Å². The molecule has 1 aromatic carbocycles. The van der Waals surface area contributed by atoms with Crippen LogP contribution < -0.4 is 9.47 Å². The number of aromatic amines is 1. The van der Waals surface area contributed by atoms with Crippen molar-refractivity contribution in [3.63, 3.8) is 0 Å². The van der Waals surface area contributed by atoms with Gasteiger partial charge in [0.1, 0.15) is 5.69 Å². The first-order valence-electron chi connectivity index (χ1n) is 5.53. The molecule has 0 aliphatic heterocycles. The molecule has 0 spiro atoms. The van der Waals surface area contributed by atoms with Crippen molar-refractivity contribution in [1.29, 1.82) is 0 Å². The standard InChI is InChI=1S/C13H13NO5/c1-7(15)19-10-5-4-8-6-9(13(16)18-3)14-11(8)12(10)17-2/h4-6,14H,1-3H3. The van der Waals surface area contributed by atoms with E-state index in [4.69, 9.17) is 9.47 Å². The van der Waals surface area contributed by atoms with E-state index in [2.05, 4.69) is 9.72 Å². The Labute approximate surface area is 109 Å². The zero-order valence-electron chi connectivity index (χ0n) is 10.8. The van der Waals surface area contributed by atoms with Crippen molar-refractivity contribution in [1.82, 2.24) is 4.98 Å². The van der Waals surface area contributed by atoms with Crippen LogP contribution in [0, 0.1) is 0 Å². The molecule has 100 valence electrons. The molecule has 0 saturated carbocycles. The highest BCUT2D eigenvalue weighted by molar-refractivity contribution is 5.97. The third-order valence-electron chi connectivity index (χ3n) is 2.58. The lowest BCUT2D eigenvalue weighted by molar-refractivity contribution is -0.132. The topological polar surface area (TPSA) is 77.6 Å². The molecule has 0 aliphatic rings. The summed E-state index contributed by atoms with van der Waals surface area (Å²) in [6.07, 6.45) is 0. The van der Waals surface area contributed by atoms with Gasteiger partial charge in [-0.3, -0.25) is 4.79 Å². The minimum absolute atomic E-state index is 0.292. The van der Waals surface area contributed by atoms with Crippen LogP contribution in [0.15, 0.2) is 18.2 Å². The highest BCUT2D eigenvalue weighted by Crippen LogP contribution is 2.35. The number of esters is 2. The van der Waals surface area contributed by atoms with Crippen molar-refractivity contribution in [2.24, 2.45) is 0 Å². The SMILES string of the molecule is COC(=O)c1cc2ccc(OC(C)=O)c(OC)c2[nH]1. The predicted molar refractivity (Wildman–Crippen MR) is 67.5 cm³/mol. The number of aromatic nitrogens is 1. The van der Waals surface area contributed by atoms with Gasteiger partial charge in [0.25, 0.3) is 0 Å². The Hall–Kier alpha value is -2.50. The third kappa shape index (κ3) is 2.37. The second-order valence-electron chi connectivity index (χ2n) is 3.83. The zero-order valence-corrected chi connectivity index (χ0v) is 10.8. The quantitative estimate of drug-likeness (QED) is 0.675. The number of nitrogens with one attached hydrogen (secondary N) is 1. The molecule has 6 heteroatoms. The number of H-pyrrole nitrogens is 1. The molecule has 0 aliphatic carbocycles. The summed E-state index contributed by atoms with van der Waals surface area (Å²) in [6.45, 7) is 1.30. The van der Waals surface area contributed by atoms with Crippen LogP contribution in [0.3, 0.4) is 0 Å². The minimum atomic E-state index is -0.479. The average Bonchev–Trinajstić information content (AvgIpc) is 2.81. The highest BCUT2D eigenvalue weighted by atomic mass is 16.6. The molecule has 0 unspecified atom stereocenters. The first kappa shape index (κ1) is 12.9. The molecule has 0 bridgehead atoms. The second-order valence-corrected chi connectivity index (χ2v) is 3.83. The molecule has 1 heterocycles. The third-order valence-corrected chi connectivity index (χ3v) is 2.58. The summed E-state index contributed by atoms with van der Waals surface area (Å²) in [5, 5.41) is 0.758. The van der Waals surface area contributed by atoms with Gasteiger partial charge in [-0.2, -0.15) is 0 Å². The molecule has 0 amide bonds. The van der Waals surface area contributed by atoms with Crippen LogP contribution in [0.1, 0.15) is 17.4 Å². The fraction of sp³-hybridized carbons (Fsp3) is 0.231. The van der Waals surface area contributed by atoms with E-state index in [-0.39, 0.29) is 0 Å². The Balaban J connectivity index is 2.58. The maximum atomic E-state index is 11.5. The van der Waals surface area contributed by atoms with Gasteiger partial charge in [-0.25, -0.2) is 4.79 Å². The highest BCUT2D eigenvalue weighted by Gasteiger charge is 2.16. The van der Waals surface area contributed by atoms with E-state index in [1.807, 2.05) is 0 Å². The molecule has 2 aromatic rings. The second kappa shape index (κ2) is 5.01. The lowest BCUT2D eigenvalue weighted by atomic mass is 10.2. The van der Waals surface area contributed by atoms with Crippen LogP contribution in [0.5, 0.6) is 11.5 Å². The number of hydrogen-bond donors (Lipinski definition) is 1. The Morgan fingerprint density at radius 2 is 1.95 bits per heavy atom. The summed E-state index contributed by atoms with van der Waals surface area (Å²) >= 11 is 0. The average molecular weight is 263 g/mol. The molecular formula is C13H13NO5. The van der Waals surface area contributed by atoms with E-state index in [0.717, 1.165) is 5.39 Å². The van der Waals surface area contributed by atoms with Crippen molar-refractivity contribution in [3.05, 3.63) is 23.9 Å². The van der Waals surface area contributed by atoms with Gasteiger partial charge >= 0.3 is 11.9 Å². The Bertz CT molecular complexity index is 644. The maximum absolute atomic E-state index is 11.5. The molecule has 1 aromatic heterocycles. The van der Waals surface area contributed by atoms with Crippen LogP contribution in [0.25, 0.3) is 10.9 Å². The van der Waals surface area contributed by atoms with E-state index < -0.39 is 11.9 Å². The van der Waals surface area contributed by atoms with Crippen LogP contribution in [0.2, 0.25) is 0 Å². The number of hydrogen-bond acceptors (Lipinski definition) is 5. The van der Waals surface area contributed by atoms with E-state index in [1.54, 1.807) is 18.2 Å². The maximum Gasteiger partial charge on any atom is 0.354 e. The fourth-order valence-corrected chi connectivity index (χ4v) is 1.81. The molecule has 19 heavy (non-hydrogen) atoms. The predicted octanol–water partition coefficient (Wildman–Crippen LogP) is 1.89. The molecule has 0 fully saturated rings. The van der Waals surface area contributed by atoms with Crippen molar-refractivity contribution < 1.29 is 23.8 Å². The van der Waals surface area contributed by atoms with E-state index in [0.29, 0.717) is 22.7 Å². The number of ether oxygens (including phenoxy) is 3. The summed E-state index contributed by atoms with van der Waals surface area (Å²) in [7, 11) is 2.76. The summed E-state index contributed by atoms with van der Waals surface area (Å²) in [4.78, 5) is 25.4. The van der Waals surface area contributed by atoms with Gasteiger partial charge in [0, 0.05) is 12.3 Å². The molecule has 0 atom stereocenters. The van der Waals surface area contributed by atoms with Crippen molar-refractivity contribution in [2.45, 2.75) is 6.92 Å².